The number of nitrogens with one attached hydrogen (secondary N) is 1. The number of nitro benzene ring substituents is 1. The van der Waals surface area contributed by atoms with Crippen LogP contribution in [0.5, 0.6) is 17.2 Å². The SMILES string of the molecule is COc1cccc(NC(=O)CSc2nc3cc(OC)c(OC)cc3c3nc(-c4ccc([N+](=O)[O-])cc4)nn23)c1. The van der Waals surface area contributed by atoms with Crippen molar-refractivity contribution in [2.75, 3.05) is 32.4 Å². The van der Waals surface area contributed by atoms with Crippen LogP contribution in [0.4, 0.5) is 11.4 Å². The van der Waals surface area contributed by atoms with E-state index in [9.17, 15) is 14.9 Å². The topological polar surface area (TPSA) is 143 Å². The molecule has 0 saturated heterocycles. The van der Waals surface area contributed by atoms with E-state index >= 15 is 0 Å². The van der Waals surface area contributed by atoms with E-state index in [1.54, 1.807) is 60.2 Å². The molecule has 0 bridgehead atoms. The summed E-state index contributed by atoms with van der Waals surface area (Å²) < 4.78 is 17.7. The number of non-ortho nitro benzene ring substituents is 1. The number of rotatable bonds is 9. The summed E-state index contributed by atoms with van der Waals surface area (Å²) in [6.07, 6.45) is 0. The summed E-state index contributed by atoms with van der Waals surface area (Å²) in [6.45, 7) is 0. The number of hydrogen-bond acceptors (Lipinski definition) is 10. The Kier molecular flexibility index (Phi) is 7.14. The highest BCUT2D eigenvalue weighted by Crippen LogP contribution is 2.35. The number of carbonyl (C=O) groups is 1. The number of fused-ring (bicyclic) bond motifs is 3. The van der Waals surface area contributed by atoms with Gasteiger partial charge in [0.05, 0.1) is 37.5 Å². The molecule has 13 heteroatoms. The second-order valence-corrected chi connectivity index (χ2v) is 9.10. The van der Waals surface area contributed by atoms with Crippen LogP contribution < -0.4 is 19.5 Å². The fourth-order valence-electron chi connectivity index (χ4n) is 3.89. The van der Waals surface area contributed by atoms with Crippen LogP contribution in [0, 0.1) is 10.1 Å². The second-order valence-electron chi connectivity index (χ2n) is 8.16. The Hall–Kier alpha value is -4.91. The fourth-order valence-corrected chi connectivity index (χ4v) is 4.63. The first kappa shape index (κ1) is 25.7. The number of benzene rings is 3. The number of carbonyl (C=O) groups excluding carboxylic acids is 1. The van der Waals surface area contributed by atoms with Crippen molar-refractivity contribution in [3.05, 3.63) is 70.8 Å². The Balaban J connectivity index is 1.54. The van der Waals surface area contributed by atoms with E-state index in [0.717, 1.165) is 0 Å². The highest BCUT2D eigenvalue weighted by atomic mass is 32.2. The summed E-state index contributed by atoms with van der Waals surface area (Å²) in [5.41, 5.74) is 2.20. The first-order valence-electron chi connectivity index (χ1n) is 11.5. The minimum atomic E-state index is -0.469. The van der Waals surface area contributed by atoms with Crippen molar-refractivity contribution in [1.29, 1.82) is 0 Å². The van der Waals surface area contributed by atoms with Crippen LogP contribution in [0.25, 0.3) is 27.9 Å². The molecule has 12 nitrogen and oxygen atoms in total. The van der Waals surface area contributed by atoms with E-state index in [4.69, 9.17) is 24.2 Å². The summed E-state index contributed by atoms with van der Waals surface area (Å²) in [4.78, 5) is 32.8. The molecule has 39 heavy (non-hydrogen) atoms. The maximum absolute atomic E-state index is 12.7. The van der Waals surface area contributed by atoms with Crippen LogP contribution in [0.3, 0.4) is 0 Å². The highest BCUT2D eigenvalue weighted by molar-refractivity contribution is 7.99. The van der Waals surface area contributed by atoms with E-state index in [1.807, 2.05) is 0 Å². The Morgan fingerprint density at radius 3 is 2.44 bits per heavy atom. The van der Waals surface area contributed by atoms with Gasteiger partial charge in [-0.1, -0.05) is 17.8 Å². The fraction of sp³-hybridized carbons (Fsp3) is 0.154. The van der Waals surface area contributed by atoms with Gasteiger partial charge in [0.1, 0.15) is 5.75 Å². The van der Waals surface area contributed by atoms with Gasteiger partial charge in [0.2, 0.25) is 5.91 Å². The Labute approximate surface area is 226 Å². The second kappa shape index (κ2) is 10.8. The van der Waals surface area contributed by atoms with E-state index in [-0.39, 0.29) is 17.3 Å². The zero-order chi connectivity index (χ0) is 27.5. The minimum absolute atomic E-state index is 0.0373. The number of anilines is 1. The molecule has 198 valence electrons. The lowest BCUT2D eigenvalue weighted by molar-refractivity contribution is -0.384. The van der Waals surface area contributed by atoms with Gasteiger partial charge >= 0.3 is 0 Å². The third kappa shape index (κ3) is 5.25. The van der Waals surface area contributed by atoms with Crippen LogP contribution in [0.15, 0.2) is 65.8 Å². The van der Waals surface area contributed by atoms with E-state index in [2.05, 4.69) is 10.4 Å². The van der Waals surface area contributed by atoms with Gasteiger partial charge in [-0.3, -0.25) is 14.9 Å². The van der Waals surface area contributed by atoms with E-state index < -0.39 is 4.92 Å². The zero-order valence-electron chi connectivity index (χ0n) is 21.1. The van der Waals surface area contributed by atoms with Gasteiger partial charge in [-0.2, -0.15) is 4.52 Å². The van der Waals surface area contributed by atoms with Crippen molar-refractivity contribution in [3.63, 3.8) is 0 Å². The lowest BCUT2D eigenvalue weighted by Crippen LogP contribution is -2.14. The number of hydrogen-bond donors (Lipinski definition) is 1. The maximum atomic E-state index is 12.7. The molecule has 0 radical (unpaired) electrons. The number of nitro groups is 1. The van der Waals surface area contributed by atoms with Gasteiger partial charge < -0.3 is 19.5 Å². The molecule has 5 aromatic rings. The van der Waals surface area contributed by atoms with Gasteiger partial charge in [-0.25, -0.2) is 9.97 Å². The van der Waals surface area contributed by atoms with Crippen LogP contribution in [-0.2, 0) is 4.79 Å². The average Bonchev–Trinajstić information content (AvgIpc) is 3.41. The first-order chi connectivity index (χ1) is 18.9. The lowest BCUT2D eigenvalue weighted by atomic mass is 10.2. The maximum Gasteiger partial charge on any atom is 0.269 e. The molecule has 0 unspecified atom stereocenters. The van der Waals surface area contributed by atoms with Crippen molar-refractivity contribution in [3.8, 4) is 28.6 Å². The van der Waals surface area contributed by atoms with Gasteiger partial charge in [0.25, 0.3) is 5.69 Å². The molecule has 1 N–H and O–H groups in total. The summed E-state index contributed by atoms with van der Waals surface area (Å²) in [7, 11) is 4.62. The van der Waals surface area contributed by atoms with Crippen molar-refractivity contribution in [1.82, 2.24) is 19.6 Å². The normalized spacial score (nSPS) is 10.9. The van der Waals surface area contributed by atoms with Gasteiger partial charge in [0, 0.05) is 40.9 Å². The highest BCUT2D eigenvalue weighted by Gasteiger charge is 2.19. The third-order valence-corrected chi connectivity index (χ3v) is 6.70. The first-order valence-corrected chi connectivity index (χ1v) is 12.5. The van der Waals surface area contributed by atoms with Crippen LogP contribution in [-0.4, -0.2) is 57.5 Å². The molecule has 2 heterocycles. The molecule has 0 aliphatic carbocycles. The molecular weight excluding hydrogens is 524 g/mol. The van der Waals surface area contributed by atoms with Crippen molar-refractivity contribution >= 4 is 45.6 Å². The Bertz CT molecular complexity index is 1710. The summed E-state index contributed by atoms with van der Waals surface area (Å²) >= 11 is 1.19. The monoisotopic (exact) mass is 546 g/mol. The van der Waals surface area contributed by atoms with E-state index in [0.29, 0.717) is 56.0 Å². The van der Waals surface area contributed by atoms with Gasteiger partial charge in [-0.15, -0.1) is 5.10 Å². The quantitative estimate of drug-likeness (QED) is 0.120. The van der Waals surface area contributed by atoms with E-state index in [1.165, 1.54) is 38.1 Å². The number of thioether (sulfide) groups is 1. The molecule has 3 aromatic carbocycles. The number of aromatic nitrogens is 4. The summed E-state index contributed by atoms with van der Waals surface area (Å²) in [5, 5.41) is 19.6. The Morgan fingerprint density at radius 2 is 1.74 bits per heavy atom. The summed E-state index contributed by atoms with van der Waals surface area (Å²) in [6, 6.07) is 16.5. The molecule has 2 aromatic heterocycles. The molecule has 0 fully saturated rings. The number of amides is 1. The zero-order valence-corrected chi connectivity index (χ0v) is 21.9. The largest absolute Gasteiger partial charge is 0.497 e. The minimum Gasteiger partial charge on any atom is -0.497 e. The number of methoxy groups -OCH3 is 3. The standard InChI is InChI=1S/C26H22N6O6S/c1-36-18-6-4-5-16(11-18)27-23(33)14-39-26-28-20-13-22(38-3)21(37-2)12-19(20)25-29-24(30-31(25)26)15-7-9-17(10-8-15)32(34)35/h4-13H,14H2,1-3H3,(H,27,33). The average molecular weight is 547 g/mol. The molecular formula is C26H22N6O6S. The summed E-state index contributed by atoms with van der Waals surface area (Å²) in [5.74, 6) is 1.76. The molecule has 0 aliphatic rings. The molecule has 0 atom stereocenters. The molecule has 1 amide bonds. The van der Waals surface area contributed by atoms with Crippen LogP contribution >= 0.6 is 11.8 Å². The van der Waals surface area contributed by atoms with Crippen molar-refractivity contribution in [2.24, 2.45) is 0 Å². The van der Waals surface area contributed by atoms with Crippen LogP contribution in [0.2, 0.25) is 0 Å². The predicted octanol–water partition coefficient (Wildman–Crippen LogP) is 4.61. The number of ether oxygens (including phenoxy) is 3. The van der Waals surface area contributed by atoms with Crippen molar-refractivity contribution < 1.29 is 23.9 Å². The van der Waals surface area contributed by atoms with Crippen molar-refractivity contribution in [2.45, 2.75) is 5.16 Å². The molecule has 5 rings (SSSR count). The Morgan fingerprint density at radius 1 is 1.00 bits per heavy atom. The molecule has 0 aliphatic heterocycles. The smallest absolute Gasteiger partial charge is 0.269 e. The third-order valence-electron chi connectivity index (χ3n) is 5.77. The van der Waals surface area contributed by atoms with Gasteiger partial charge in [-0.05, 0) is 30.3 Å². The molecule has 0 spiro atoms. The van der Waals surface area contributed by atoms with Crippen LogP contribution in [0.1, 0.15) is 0 Å². The molecule has 0 saturated carbocycles. The number of nitrogens with zero attached hydrogens (tertiary/aromatic N) is 5. The lowest BCUT2D eigenvalue weighted by Gasteiger charge is -2.11. The van der Waals surface area contributed by atoms with Gasteiger partial charge in [0.15, 0.2) is 28.1 Å². The predicted molar refractivity (Wildman–Crippen MR) is 146 cm³/mol.